The second-order valence-corrected chi connectivity index (χ2v) is 4.90. The van der Waals surface area contributed by atoms with Crippen LogP contribution in [0, 0.1) is 5.41 Å². The first kappa shape index (κ1) is 15.0. The zero-order valence-electron chi connectivity index (χ0n) is 9.95. The van der Waals surface area contributed by atoms with Gasteiger partial charge in [0, 0.05) is 17.6 Å². The maximum atomic E-state index is 11.3. The van der Waals surface area contributed by atoms with Crippen LogP contribution < -0.4 is 0 Å². The minimum absolute atomic E-state index is 0.233. The fourth-order valence-electron chi connectivity index (χ4n) is 0.923. The molecule has 92 valence electrons. The van der Waals surface area contributed by atoms with Crippen LogP contribution in [-0.4, -0.2) is 37.2 Å². The zero-order chi connectivity index (χ0) is 12.6. The van der Waals surface area contributed by atoms with Crippen molar-refractivity contribution in [3.05, 3.63) is 12.7 Å². The highest BCUT2D eigenvalue weighted by Crippen LogP contribution is 2.23. The van der Waals surface area contributed by atoms with Gasteiger partial charge < -0.3 is 9.47 Å². The lowest BCUT2D eigenvalue weighted by Gasteiger charge is -2.20. The number of hydrogen-bond acceptors (Lipinski definition) is 5. The second-order valence-electron chi connectivity index (χ2n) is 3.80. The van der Waals surface area contributed by atoms with Crippen molar-refractivity contribution in [3.63, 3.8) is 0 Å². The lowest BCUT2D eigenvalue weighted by molar-refractivity contribution is -0.149. The molecular formula is C11H18O4S. The van der Waals surface area contributed by atoms with Crippen molar-refractivity contribution in [2.45, 2.75) is 13.8 Å². The molecule has 0 unspecified atom stereocenters. The summed E-state index contributed by atoms with van der Waals surface area (Å²) in [5.41, 5.74) is -0.512. The van der Waals surface area contributed by atoms with E-state index in [1.54, 1.807) is 11.8 Å². The fourth-order valence-corrected chi connectivity index (χ4v) is 1.90. The molecule has 0 fully saturated rings. The maximum absolute atomic E-state index is 11.3. The molecule has 0 aliphatic heterocycles. The van der Waals surface area contributed by atoms with Gasteiger partial charge in [0.05, 0.1) is 12.5 Å². The number of thioether (sulfide) groups is 1. The van der Waals surface area contributed by atoms with Gasteiger partial charge in [0.25, 0.3) is 0 Å². The lowest BCUT2D eigenvalue weighted by Crippen LogP contribution is -2.28. The summed E-state index contributed by atoms with van der Waals surface area (Å²) in [5.74, 6) is 0.626. The lowest BCUT2D eigenvalue weighted by atomic mass is 9.97. The summed E-state index contributed by atoms with van der Waals surface area (Å²) in [6.07, 6.45) is 1.13. The Hall–Kier alpha value is -0.970. The molecule has 0 aromatic heterocycles. The van der Waals surface area contributed by atoms with Crippen molar-refractivity contribution < 1.29 is 19.1 Å². The van der Waals surface area contributed by atoms with Crippen LogP contribution in [-0.2, 0) is 19.1 Å². The van der Waals surface area contributed by atoms with Crippen LogP contribution in [0.15, 0.2) is 12.7 Å². The summed E-state index contributed by atoms with van der Waals surface area (Å²) in [4.78, 5) is 22.0. The number of ether oxygens (including phenoxy) is 2. The van der Waals surface area contributed by atoms with Crippen LogP contribution in [0.2, 0.25) is 0 Å². The van der Waals surface area contributed by atoms with E-state index in [-0.39, 0.29) is 5.97 Å². The van der Waals surface area contributed by atoms with Gasteiger partial charge in [-0.3, -0.25) is 4.79 Å². The van der Waals surface area contributed by atoms with Gasteiger partial charge in [-0.05, 0) is 13.8 Å². The summed E-state index contributed by atoms with van der Waals surface area (Å²) in [6, 6.07) is 0. The molecule has 0 amide bonds. The Balaban J connectivity index is 3.69. The minimum atomic E-state index is -0.512. The first-order chi connectivity index (χ1) is 7.44. The average Bonchev–Trinajstić information content (AvgIpc) is 2.26. The number of hydrogen-bond donors (Lipinski definition) is 0. The van der Waals surface area contributed by atoms with Crippen molar-refractivity contribution in [2.24, 2.45) is 5.41 Å². The monoisotopic (exact) mass is 246 g/mol. The molecule has 0 bridgehead atoms. The quantitative estimate of drug-likeness (QED) is 0.388. The molecule has 0 atom stereocenters. The molecule has 4 nitrogen and oxygen atoms in total. The van der Waals surface area contributed by atoms with E-state index in [2.05, 4.69) is 11.3 Å². The summed E-state index contributed by atoms with van der Waals surface area (Å²) in [5, 5.41) is 0. The van der Waals surface area contributed by atoms with Crippen molar-refractivity contribution in [3.8, 4) is 0 Å². The van der Waals surface area contributed by atoms with Crippen LogP contribution in [0.5, 0.6) is 0 Å². The Morgan fingerprint density at radius 1 is 1.44 bits per heavy atom. The Morgan fingerprint density at radius 3 is 2.56 bits per heavy atom. The van der Waals surface area contributed by atoms with Crippen LogP contribution >= 0.6 is 11.8 Å². The molecule has 0 radical (unpaired) electrons. The summed E-state index contributed by atoms with van der Waals surface area (Å²) >= 11 is 1.54. The predicted octanol–water partition coefficient (Wildman–Crippen LogP) is 1.65. The van der Waals surface area contributed by atoms with Gasteiger partial charge in [-0.1, -0.05) is 6.58 Å². The Bertz CT molecular complexity index is 261. The molecule has 16 heavy (non-hydrogen) atoms. The van der Waals surface area contributed by atoms with E-state index in [0.717, 1.165) is 6.08 Å². The van der Waals surface area contributed by atoms with E-state index in [9.17, 15) is 9.59 Å². The number of esters is 2. The number of carbonyl (C=O) groups is 2. The smallest absolute Gasteiger partial charge is 0.330 e. The summed E-state index contributed by atoms with van der Waals surface area (Å²) in [6.45, 7) is 7.26. The topological polar surface area (TPSA) is 52.6 Å². The van der Waals surface area contributed by atoms with Gasteiger partial charge in [-0.2, -0.15) is 11.8 Å². The van der Waals surface area contributed by atoms with Crippen molar-refractivity contribution in [1.82, 2.24) is 0 Å². The molecule has 0 N–H and O–H groups in total. The van der Waals surface area contributed by atoms with Crippen molar-refractivity contribution in [2.75, 3.05) is 25.2 Å². The zero-order valence-corrected chi connectivity index (χ0v) is 10.8. The first-order valence-electron chi connectivity index (χ1n) is 4.89. The molecule has 0 aliphatic rings. The van der Waals surface area contributed by atoms with Crippen molar-refractivity contribution >= 4 is 23.7 Å². The van der Waals surface area contributed by atoms with E-state index in [0.29, 0.717) is 18.1 Å². The van der Waals surface area contributed by atoms with Gasteiger partial charge in [0.15, 0.2) is 0 Å². The maximum Gasteiger partial charge on any atom is 0.330 e. The molecule has 5 heteroatoms. The molecule has 0 heterocycles. The van der Waals surface area contributed by atoms with E-state index >= 15 is 0 Å². The number of carbonyl (C=O) groups excluding carboxylic acids is 2. The minimum Gasteiger partial charge on any atom is -0.469 e. The third-order valence-corrected chi connectivity index (χ3v) is 3.22. The van der Waals surface area contributed by atoms with E-state index < -0.39 is 11.4 Å². The van der Waals surface area contributed by atoms with Crippen molar-refractivity contribution in [1.29, 1.82) is 0 Å². The summed E-state index contributed by atoms with van der Waals surface area (Å²) < 4.78 is 9.48. The fraction of sp³-hybridized carbons (Fsp3) is 0.636. The molecule has 0 spiro atoms. The Morgan fingerprint density at radius 2 is 2.06 bits per heavy atom. The number of rotatable bonds is 7. The molecule has 0 aromatic carbocycles. The largest absolute Gasteiger partial charge is 0.469 e. The molecule has 0 aliphatic carbocycles. The molecule has 0 saturated carbocycles. The standard InChI is InChI=1S/C11H18O4S/c1-5-9(12)15-6-7-16-8-11(2,3)10(13)14-4/h5H,1,6-8H2,2-4H3. The van der Waals surface area contributed by atoms with Crippen LogP contribution in [0.1, 0.15) is 13.8 Å². The average molecular weight is 246 g/mol. The van der Waals surface area contributed by atoms with Crippen LogP contribution in [0.4, 0.5) is 0 Å². The molecule has 0 aromatic rings. The Kier molecular flexibility index (Phi) is 6.88. The van der Waals surface area contributed by atoms with E-state index in [1.165, 1.54) is 7.11 Å². The summed E-state index contributed by atoms with van der Waals surface area (Å²) in [7, 11) is 1.38. The Labute approximate surface area is 100 Å². The van der Waals surface area contributed by atoms with Crippen LogP contribution in [0.25, 0.3) is 0 Å². The third kappa shape index (κ3) is 5.80. The first-order valence-corrected chi connectivity index (χ1v) is 6.05. The van der Waals surface area contributed by atoms with Gasteiger partial charge >= 0.3 is 11.9 Å². The number of methoxy groups -OCH3 is 1. The predicted molar refractivity (Wildman–Crippen MR) is 64.3 cm³/mol. The SMILES string of the molecule is C=CC(=O)OCCSCC(C)(C)C(=O)OC. The molecule has 0 saturated heterocycles. The molecular weight excluding hydrogens is 228 g/mol. The second kappa shape index (κ2) is 7.33. The highest BCUT2D eigenvalue weighted by Gasteiger charge is 2.28. The highest BCUT2D eigenvalue weighted by molar-refractivity contribution is 7.99. The molecule has 0 rings (SSSR count). The third-order valence-electron chi connectivity index (χ3n) is 1.84. The van der Waals surface area contributed by atoms with Gasteiger partial charge in [-0.25, -0.2) is 4.79 Å². The normalized spacial score (nSPS) is 10.7. The van der Waals surface area contributed by atoms with Gasteiger partial charge in [0.2, 0.25) is 0 Å². The van der Waals surface area contributed by atoms with Crippen LogP contribution in [0.3, 0.4) is 0 Å². The van der Waals surface area contributed by atoms with E-state index in [1.807, 2.05) is 13.8 Å². The van der Waals surface area contributed by atoms with Gasteiger partial charge in [-0.15, -0.1) is 0 Å². The van der Waals surface area contributed by atoms with E-state index in [4.69, 9.17) is 4.74 Å². The highest BCUT2D eigenvalue weighted by atomic mass is 32.2. The van der Waals surface area contributed by atoms with Gasteiger partial charge in [0.1, 0.15) is 6.61 Å².